The number of hydrogen-bond donors (Lipinski definition) is 2. The summed E-state index contributed by atoms with van der Waals surface area (Å²) in [5, 5.41) is 4.40. The second-order valence-electron chi connectivity index (χ2n) is 4.43. The minimum absolute atomic E-state index is 0.115. The predicted molar refractivity (Wildman–Crippen MR) is 77.5 cm³/mol. The summed E-state index contributed by atoms with van der Waals surface area (Å²) < 4.78 is 8.75. The number of rotatable bonds is 4. The van der Waals surface area contributed by atoms with E-state index in [9.17, 15) is 0 Å². The number of nitrogens with zero attached hydrogens (tertiary/aromatic N) is 2. The standard InChI is InChI=1S/C11H19BrN4OS/c1-7-11(12)9(16(2)15-7)5-8(14-13)10-6-18-4-3-17-10/h8,10,14H,3-6,13H2,1-2H3. The van der Waals surface area contributed by atoms with Crippen molar-refractivity contribution < 1.29 is 4.74 Å². The van der Waals surface area contributed by atoms with E-state index in [1.54, 1.807) is 0 Å². The lowest BCUT2D eigenvalue weighted by Crippen LogP contribution is -2.49. The Hall–Kier alpha value is -0.0800. The van der Waals surface area contributed by atoms with Crippen LogP contribution in [0.5, 0.6) is 0 Å². The third-order valence-electron chi connectivity index (χ3n) is 3.18. The molecule has 2 heterocycles. The Morgan fingerprint density at radius 2 is 2.50 bits per heavy atom. The van der Waals surface area contributed by atoms with Crippen LogP contribution >= 0.6 is 27.7 Å². The largest absolute Gasteiger partial charge is 0.375 e. The van der Waals surface area contributed by atoms with Crippen LogP contribution in [0.4, 0.5) is 0 Å². The maximum Gasteiger partial charge on any atom is 0.0835 e. The zero-order valence-electron chi connectivity index (χ0n) is 10.6. The molecule has 0 radical (unpaired) electrons. The summed E-state index contributed by atoms with van der Waals surface area (Å²) in [5.41, 5.74) is 5.03. The van der Waals surface area contributed by atoms with Gasteiger partial charge in [0.1, 0.15) is 0 Å². The van der Waals surface area contributed by atoms with Crippen LogP contribution in [0, 0.1) is 6.92 Å². The number of ether oxygens (including phenoxy) is 1. The lowest BCUT2D eigenvalue weighted by molar-refractivity contribution is 0.0467. The molecule has 2 rings (SSSR count). The highest BCUT2D eigenvalue weighted by Gasteiger charge is 2.26. The van der Waals surface area contributed by atoms with Crippen molar-refractivity contribution in [1.29, 1.82) is 0 Å². The molecular formula is C11H19BrN4OS. The molecule has 5 nitrogen and oxygen atoms in total. The van der Waals surface area contributed by atoms with E-state index in [4.69, 9.17) is 10.6 Å². The number of thioether (sulfide) groups is 1. The highest BCUT2D eigenvalue weighted by atomic mass is 79.9. The number of nitrogens with one attached hydrogen (secondary N) is 1. The monoisotopic (exact) mass is 334 g/mol. The van der Waals surface area contributed by atoms with Gasteiger partial charge in [0.15, 0.2) is 0 Å². The van der Waals surface area contributed by atoms with E-state index in [2.05, 4.69) is 26.5 Å². The molecule has 1 fully saturated rings. The van der Waals surface area contributed by atoms with Crippen LogP contribution in [0.15, 0.2) is 4.47 Å². The number of aryl methyl sites for hydroxylation is 2. The predicted octanol–water partition coefficient (Wildman–Crippen LogP) is 0.997. The van der Waals surface area contributed by atoms with E-state index in [0.29, 0.717) is 0 Å². The molecule has 3 N–H and O–H groups in total. The van der Waals surface area contributed by atoms with Crippen LogP contribution < -0.4 is 11.3 Å². The van der Waals surface area contributed by atoms with E-state index in [1.165, 1.54) is 0 Å². The van der Waals surface area contributed by atoms with Gasteiger partial charge >= 0.3 is 0 Å². The third-order valence-corrected chi connectivity index (χ3v) is 5.23. The van der Waals surface area contributed by atoms with Crippen LogP contribution in [0.2, 0.25) is 0 Å². The summed E-state index contributed by atoms with van der Waals surface area (Å²) in [6, 6.07) is 0.115. The summed E-state index contributed by atoms with van der Waals surface area (Å²) >= 11 is 5.50. The summed E-state index contributed by atoms with van der Waals surface area (Å²) in [6.45, 7) is 2.80. The normalized spacial score (nSPS) is 22.1. The minimum Gasteiger partial charge on any atom is -0.375 e. The Bertz CT molecular complexity index is 406. The Labute approximate surface area is 120 Å². The van der Waals surface area contributed by atoms with Crippen molar-refractivity contribution >= 4 is 27.7 Å². The molecule has 7 heteroatoms. The summed E-state index contributed by atoms with van der Waals surface area (Å²) in [7, 11) is 1.96. The fourth-order valence-corrected chi connectivity index (χ4v) is 3.59. The van der Waals surface area contributed by atoms with Gasteiger partial charge in [-0.1, -0.05) is 0 Å². The van der Waals surface area contributed by atoms with Crippen molar-refractivity contribution in [1.82, 2.24) is 15.2 Å². The molecule has 0 aliphatic carbocycles. The van der Waals surface area contributed by atoms with Crippen LogP contribution in [0.25, 0.3) is 0 Å². The Morgan fingerprint density at radius 3 is 3.00 bits per heavy atom. The fraction of sp³-hybridized carbons (Fsp3) is 0.727. The highest BCUT2D eigenvalue weighted by Crippen LogP contribution is 2.24. The molecule has 2 atom stereocenters. The number of nitrogens with two attached hydrogens (primary N) is 1. The van der Waals surface area contributed by atoms with E-state index >= 15 is 0 Å². The zero-order chi connectivity index (χ0) is 13.1. The van der Waals surface area contributed by atoms with Gasteiger partial charge in [0.25, 0.3) is 0 Å². The van der Waals surface area contributed by atoms with Gasteiger partial charge in [-0.3, -0.25) is 16.0 Å². The Morgan fingerprint density at radius 1 is 1.72 bits per heavy atom. The summed E-state index contributed by atoms with van der Waals surface area (Å²) in [6.07, 6.45) is 0.968. The molecule has 0 spiro atoms. The second kappa shape index (κ2) is 6.38. The van der Waals surface area contributed by atoms with E-state index in [1.807, 2.05) is 30.4 Å². The molecular weight excluding hydrogens is 316 g/mol. The molecule has 2 unspecified atom stereocenters. The average molecular weight is 335 g/mol. The van der Waals surface area contributed by atoms with Crippen molar-refractivity contribution in [2.75, 3.05) is 18.1 Å². The first-order chi connectivity index (χ1) is 8.63. The highest BCUT2D eigenvalue weighted by molar-refractivity contribution is 9.10. The second-order valence-corrected chi connectivity index (χ2v) is 6.37. The molecule has 0 amide bonds. The first-order valence-electron chi connectivity index (χ1n) is 5.97. The van der Waals surface area contributed by atoms with Gasteiger partial charge in [0.05, 0.1) is 34.6 Å². The Kier molecular flexibility index (Phi) is 5.08. The topological polar surface area (TPSA) is 65.1 Å². The number of aromatic nitrogens is 2. The van der Waals surface area contributed by atoms with Gasteiger partial charge < -0.3 is 4.74 Å². The number of halogens is 1. The molecule has 102 valence electrons. The van der Waals surface area contributed by atoms with Gasteiger partial charge in [0, 0.05) is 25.0 Å². The third kappa shape index (κ3) is 3.08. The fourth-order valence-electron chi connectivity index (χ4n) is 2.15. The molecule has 0 bridgehead atoms. The van der Waals surface area contributed by atoms with Gasteiger partial charge in [0.2, 0.25) is 0 Å². The van der Waals surface area contributed by atoms with Crippen LogP contribution in [-0.4, -0.2) is 40.0 Å². The number of hydrogen-bond acceptors (Lipinski definition) is 5. The molecule has 0 saturated carbocycles. The van der Waals surface area contributed by atoms with E-state index in [0.717, 1.165) is 40.4 Å². The van der Waals surface area contributed by atoms with Crippen LogP contribution in [-0.2, 0) is 18.2 Å². The first-order valence-corrected chi connectivity index (χ1v) is 7.91. The minimum atomic E-state index is 0.115. The van der Waals surface area contributed by atoms with Crippen molar-refractivity contribution in [2.45, 2.75) is 25.5 Å². The van der Waals surface area contributed by atoms with Crippen LogP contribution in [0.1, 0.15) is 11.4 Å². The summed E-state index contributed by atoms with van der Waals surface area (Å²) in [4.78, 5) is 0. The molecule has 1 aliphatic heterocycles. The molecule has 0 aromatic carbocycles. The SMILES string of the molecule is Cc1nn(C)c(CC(NN)C2CSCCO2)c1Br. The van der Waals surface area contributed by atoms with Gasteiger partial charge in [-0.15, -0.1) is 0 Å². The van der Waals surface area contributed by atoms with Gasteiger partial charge in [-0.25, -0.2) is 0 Å². The lowest BCUT2D eigenvalue weighted by Gasteiger charge is -2.29. The molecule has 1 aromatic heterocycles. The summed E-state index contributed by atoms with van der Waals surface area (Å²) in [5.74, 6) is 7.74. The van der Waals surface area contributed by atoms with E-state index < -0.39 is 0 Å². The van der Waals surface area contributed by atoms with Gasteiger partial charge in [-0.05, 0) is 22.9 Å². The maximum atomic E-state index is 5.78. The Balaban J connectivity index is 2.09. The van der Waals surface area contributed by atoms with Gasteiger partial charge in [-0.2, -0.15) is 16.9 Å². The zero-order valence-corrected chi connectivity index (χ0v) is 13.1. The maximum absolute atomic E-state index is 5.78. The van der Waals surface area contributed by atoms with E-state index in [-0.39, 0.29) is 12.1 Å². The van der Waals surface area contributed by atoms with Crippen LogP contribution in [0.3, 0.4) is 0 Å². The molecule has 18 heavy (non-hydrogen) atoms. The molecule has 1 aromatic rings. The quantitative estimate of drug-likeness (QED) is 0.635. The van der Waals surface area contributed by atoms with Crippen molar-refractivity contribution in [3.05, 3.63) is 15.9 Å². The van der Waals surface area contributed by atoms with Crippen molar-refractivity contribution in [3.8, 4) is 0 Å². The molecule has 1 aliphatic rings. The first kappa shape index (κ1) is 14.3. The van der Waals surface area contributed by atoms with Crippen molar-refractivity contribution in [2.24, 2.45) is 12.9 Å². The number of hydrazine groups is 1. The molecule has 1 saturated heterocycles. The smallest absolute Gasteiger partial charge is 0.0835 e. The average Bonchev–Trinajstić information content (AvgIpc) is 2.62. The van der Waals surface area contributed by atoms with Crippen molar-refractivity contribution in [3.63, 3.8) is 0 Å². The lowest BCUT2D eigenvalue weighted by atomic mass is 10.1.